The molecule has 6 heteroatoms. The number of nitrogens with one attached hydrogen (secondary N) is 2. The Morgan fingerprint density at radius 3 is 2.67 bits per heavy atom. The number of rotatable bonds is 5. The summed E-state index contributed by atoms with van der Waals surface area (Å²) in [6.45, 7) is 1.46. The fraction of sp³-hybridized carbons (Fsp3) is 0.389. The van der Waals surface area contributed by atoms with E-state index in [9.17, 15) is 9.59 Å². The summed E-state index contributed by atoms with van der Waals surface area (Å²) in [6.07, 6.45) is 4.61. The van der Waals surface area contributed by atoms with Crippen LogP contribution in [0.3, 0.4) is 0 Å². The van der Waals surface area contributed by atoms with Crippen molar-refractivity contribution in [3.05, 3.63) is 46.5 Å². The van der Waals surface area contributed by atoms with Gasteiger partial charge in [0.15, 0.2) is 5.13 Å². The lowest BCUT2D eigenvalue weighted by atomic mass is 10.0. The summed E-state index contributed by atoms with van der Waals surface area (Å²) in [4.78, 5) is 29.7. The zero-order valence-corrected chi connectivity index (χ0v) is 14.5. The molecule has 5 nitrogen and oxygen atoms in total. The smallest absolute Gasteiger partial charge is 0.228 e. The zero-order valence-electron chi connectivity index (χ0n) is 13.7. The first-order chi connectivity index (χ1) is 11.6. The zero-order chi connectivity index (χ0) is 16.9. The molecule has 126 valence electrons. The fourth-order valence-electron chi connectivity index (χ4n) is 2.94. The Morgan fingerprint density at radius 2 is 1.96 bits per heavy atom. The van der Waals surface area contributed by atoms with Crippen molar-refractivity contribution in [3.8, 4) is 0 Å². The lowest BCUT2D eigenvalue weighted by molar-refractivity contribution is -0.120. The number of fused-ring (bicyclic) bond motifs is 1. The average molecular weight is 343 g/mol. The van der Waals surface area contributed by atoms with Crippen molar-refractivity contribution in [1.29, 1.82) is 0 Å². The van der Waals surface area contributed by atoms with Crippen LogP contribution in [0.4, 0.5) is 5.13 Å². The minimum Gasteiger partial charge on any atom is -0.349 e. The molecule has 1 atom stereocenters. The molecule has 0 aliphatic heterocycles. The summed E-state index contributed by atoms with van der Waals surface area (Å²) >= 11 is 1.57. The van der Waals surface area contributed by atoms with E-state index in [1.165, 1.54) is 24.6 Å². The summed E-state index contributed by atoms with van der Waals surface area (Å²) in [7, 11) is 0. The van der Waals surface area contributed by atoms with E-state index in [1.54, 1.807) is 11.3 Å². The van der Waals surface area contributed by atoms with Crippen LogP contribution in [0.2, 0.25) is 0 Å². The molecule has 2 aromatic rings. The van der Waals surface area contributed by atoms with E-state index >= 15 is 0 Å². The highest BCUT2D eigenvalue weighted by atomic mass is 32.1. The molecule has 3 rings (SSSR count). The van der Waals surface area contributed by atoms with Gasteiger partial charge in [-0.2, -0.15) is 0 Å². The Hall–Kier alpha value is -2.21. The van der Waals surface area contributed by atoms with Gasteiger partial charge in [-0.25, -0.2) is 4.98 Å². The molecule has 24 heavy (non-hydrogen) atoms. The van der Waals surface area contributed by atoms with E-state index < -0.39 is 0 Å². The van der Waals surface area contributed by atoms with E-state index in [4.69, 9.17) is 0 Å². The second-order valence-corrected chi connectivity index (χ2v) is 7.10. The minimum atomic E-state index is -0.335. The molecule has 2 amide bonds. The predicted molar refractivity (Wildman–Crippen MR) is 95.0 cm³/mol. The van der Waals surface area contributed by atoms with E-state index in [-0.39, 0.29) is 24.3 Å². The van der Waals surface area contributed by atoms with Crippen LogP contribution in [0.1, 0.15) is 48.4 Å². The van der Waals surface area contributed by atoms with E-state index in [0.717, 1.165) is 24.1 Å². The third-order valence-electron chi connectivity index (χ3n) is 4.06. The van der Waals surface area contributed by atoms with Crippen molar-refractivity contribution in [3.63, 3.8) is 0 Å². The number of carbonyl (C=O) groups is 2. The molecular formula is C18H21N3O2S. The van der Waals surface area contributed by atoms with Crippen molar-refractivity contribution >= 4 is 28.3 Å². The molecule has 0 fully saturated rings. The van der Waals surface area contributed by atoms with Gasteiger partial charge < -0.3 is 10.6 Å². The number of nitrogens with zero attached hydrogens (tertiary/aromatic N) is 1. The fourth-order valence-corrected chi connectivity index (χ4v) is 4.01. The molecule has 1 aromatic heterocycles. The number of benzene rings is 1. The Morgan fingerprint density at radius 1 is 1.21 bits per heavy atom. The largest absolute Gasteiger partial charge is 0.349 e. The van der Waals surface area contributed by atoms with Gasteiger partial charge in [-0.05, 0) is 31.2 Å². The number of hydrogen-bond acceptors (Lipinski definition) is 4. The summed E-state index contributed by atoms with van der Waals surface area (Å²) in [6, 6.07) is 9.20. The second kappa shape index (κ2) is 7.57. The molecule has 0 saturated carbocycles. The lowest BCUT2D eigenvalue weighted by Crippen LogP contribution is -2.29. The minimum absolute atomic E-state index is 0.135. The predicted octanol–water partition coefficient (Wildman–Crippen LogP) is 3.23. The number of hydrogen-bond donors (Lipinski definition) is 2. The number of aryl methyl sites for hydroxylation is 2. The maximum Gasteiger partial charge on any atom is 0.228 e. The summed E-state index contributed by atoms with van der Waals surface area (Å²) < 4.78 is 0. The van der Waals surface area contributed by atoms with Gasteiger partial charge in [0.1, 0.15) is 0 Å². The molecule has 0 bridgehead atoms. The molecular weight excluding hydrogens is 322 g/mol. The molecule has 1 aromatic carbocycles. The van der Waals surface area contributed by atoms with E-state index in [1.807, 2.05) is 30.3 Å². The highest BCUT2D eigenvalue weighted by molar-refractivity contribution is 7.15. The van der Waals surface area contributed by atoms with Gasteiger partial charge in [0.05, 0.1) is 18.2 Å². The van der Waals surface area contributed by atoms with Crippen molar-refractivity contribution in [2.75, 3.05) is 5.32 Å². The van der Waals surface area contributed by atoms with Gasteiger partial charge in [0.2, 0.25) is 11.8 Å². The van der Waals surface area contributed by atoms with Crippen molar-refractivity contribution < 1.29 is 9.59 Å². The van der Waals surface area contributed by atoms with Crippen LogP contribution in [-0.2, 0) is 22.4 Å². The normalized spacial score (nSPS) is 14.5. The molecule has 1 aliphatic rings. The molecule has 1 heterocycles. The monoisotopic (exact) mass is 343 g/mol. The van der Waals surface area contributed by atoms with E-state index in [0.29, 0.717) is 5.13 Å². The summed E-state index contributed by atoms with van der Waals surface area (Å²) in [5, 5.41) is 6.40. The van der Waals surface area contributed by atoms with Crippen LogP contribution in [0, 0.1) is 0 Å². The topological polar surface area (TPSA) is 71.1 Å². The Labute approximate surface area is 145 Å². The van der Waals surface area contributed by atoms with Crippen molar-refractivity contribution in [2.45, 2.75) is 45.1 Å². The quantitative estimate of drug-likeness (QED) is 0.875. The SMILES string of the molecule is CC(=O)N[C@H](CC(=O)Nc1nc2c(s1)CCCC2)c1ccccc1. The summed E-state index contributed by atoms with van der Waals surface area (Å²) in [5.41, 5.74) is 2.05. The lowest BCUT2D eigenvalue weighted by Gasteiger charge is -2.17. The van der Waals surface area contributed by atoms with Gasteiger partial charge in [-0.3, -0.25) is 9.59 Å². The second-order valence-electron chi connectivity index (χ2n) is 6.01. The number of carbonyl (C=O) groups excluding carboxylic acids is 2. The van der Waals surface area contributed by atoms with E-state index in [2.05, 4.69) is 15.6 Å². The maximum atomic E-state index is 12.4. The number of aromatic nitrogens is 1. The van der Waals surface area contributed by atoms with Crippen molar-refractivity contribution in [1.82, 2.24) is 10.3 Å². The molecule has 1 aliphatic carbocycles. The van der Waals surface area contributed by atoms with Crippen LogP contribution < -0.4 is 10.6 Å². The Kier molecular flexibility index (Phi) is 5.25. The average Bonchev–Trinajstić information content (AvgIpc) is 2.96. The molecule has 0 unspecified atom stereocenters. The van der Waals surface area contributed by atoms with Gasteiger partial charge in [-0.15, -0.1) is 11.3 Å². The maximum absolute atomic E-state index is 12.4. The third kappa shape index (κ3) is 4.20. The molecule has 0 spiro atoms. The highest BCUT2D eigenvalue weighted by Crippen LogP contribution is 2.30. The standard InChI is InChI=1S/C18H21N3O2S/c1-12(22)19-15(13-7-3-2-4-8-13)11-17(23)21-18-20-14-9-5-6-10-16(14)24-18/h2-4,7-8,15H,5-6,9-11H2,1H3,(H,19,22)(H,20,21,23)/t15-/m1/s1. The van der Waals surface area contributed by atoms with Gasteiger partial charge >= 0.3 is 0 Å². The van der Waals surface area contributed by atoms with Crippen LogP contribution in [0.15, 0.2) is 30.3 Å². The number of thiazole rings is 1. The first kappa shape index (κ1) is 16.6. The van der Waals surface area contributed by atoms with Crippen LogP contribution in [0.5, 0.6) is 0 Å². The number of amides is 2. The van der Waals surface area contributed by atoms with Gasteiger partial charge in [-0.1, -0.05) is 30.3 Å². The molecule has 0 saturated heterocycles. The Bertz CT molecular complexity index is 704. The van der Waals surface area contributed by atoms with Crippen LogP contribution >= 0.6 is 11.3 Å². The Balaban J connectivity index is 1.67. The van der Waals surface area contributed by atoms with Crippen molar-refractivity contribution in [2.24, 2.45) is 0 Å². The van der Waals surface area contributed by atoms with Gasteiger partial charge in [0.25, 0.3) is 0 Å². The molecule has 0 radical (unpaired) electrons. The van der Waals surface area contributed by atoms with Crippen LogP contribution in [0.25, 0.3) is 0 Å². The summed E-state index contributed by atoms with van der Waals surface area (Å²) in [5.74, 6) is -0.287. The third-order valence-corrected chi connectivity index (χ3v) is 5.13. The van der Waals surface area contributed by atoms with Crippen LogP contribution in [-0.4, -0.2) is 16.8 Å². The first-order valence-electron chi connectivity index (χ1n) is 8.22. The first-order valence-corrected chi connectivity index (χ1v) is 9.04. The van der Waals surface area contributed by atoms with Gasteiger partial charge in [0, 0.05) is 11.8 Å². The highest BCUT2D eigenvalue weighted by Gasteiger charge is 2.20. The molecule has 2 N–H and O–H groups in total. The number of anilines is 1.